The molecule has 0 saturated carbocycles. The van der Waals surface area contributed by atoms with E-state index in [4.69, 9.17) is 0 Å². The van der Waals surface area contributed by atoms with Crippen molar-refractivity contribution in [2.75, 3.05) is 0 Å². The standard InChI is InChI=1S/C16H11BrFNO/c1-10-4-2-3-5-12(10)14(9-19)16(20)13-7-6-11(17)8-15(13)18/h2-8,14H,1H3. The molecule has 0 saturated heterocycles. The fraction of sp³-hybridized carbons (Fsp3) is 0.125. The molecule has 0 aliphatic rings. The summed E-state index contributed by atoms with van der Waals surface area (Å²) in [7, 11) is 0. The van der Waals surface area contributed by atoms with Crippen LogP contribution in [-0.2, 0) is 0 Å². The molecule has 2 aromatic rings. The molecule has 2 nitrogen and oxygen atoms in total. The number of rotatable bonds is 3. The molecule has 0 aromatic heterocycles. The van der Waals surface area contributed by atoms with Crippen LogP contribution in [0.4, 0.5) is 4.39 Å². The van der Waals surface area contributed by atoms with E-state index in [1.54, 1.807) is 18.2 Å². The minimum absolute atomic E-state index is 0.0667. The summed E-state index contributed by atoms with van der Waals surface area (Å²) in [5, 5.41) is 9.28. The summed E-state index contributed by atoms with van der Waals surface area (Å²) in [4.78, 5) is 12.4. The highest BCUT2D eigenvalue weighted by Crippen LogP contribution is 2.25. The third-order valence-corrected chi connectivity index (χ3v) is 3.58. The molecule has 1 unspecified atom stereocenters. The first kappa shape index (κ1) is 14.4. The minimum atomic E-state index is -0.994. The highest BCUT2D eigenvalue weighted by molar-refractivity contribution is 9.10. The SMILES string of the molecule is Cc1ccccc1C(C#N)C(=O)c1ccc(Br)cc1F. The summed E-state index contributed by atoms with van der Waals surface area (Å²) >= 11 is 3.14. The molecule has 0 spiro atoms. The molecule has 100 valence electrons. The summed E-state index contributed by atoms with van der Waals surface area (Å²) in [6, 6.07) is 13.3. The molecule has 2 rings (SSSR count). The van der Waals surface area contributed by atoms with Gasteiger partial charge < -0.3 is 0 Å². The van der Waals surface area contributed by atoms with Crippen LogP contribution in [0.2, 0.25) is 0 Å². The molecule has 1 atom stereocenters. The number of halogens is 2. The Balaban J connectivity index is 2.45. The van der Waals surface area contributed by atoms with E-state index in [0.717, 1.165) is 5.56 Å². The number of Topliss-reactive ketones (excluding diaryl/α,β-unsaturated/α-hetero) is 1. The first-order chi connectivity index (χ1) is 9.54. The van der Waals surface area contributed by atoms with Gasteiger partial charge in [0.25, 0.3) is 0 Å². The Morgan fingerprint density at radius 1 is 1.30 bits per heavy atom. The molecule has 0 aliphatic heterocycles. The number of ketones is 1. The number of carbonyl (C=O) groups is 1. The van der Waals surface area contributed by atoms with E-state index in [9.17, 15) is 14.4 Å². The van der Waals surface area contributed by atoms with Gasteiger partial charge in [0, 0.05) is 4.47 Å². The first-order valence-electron chi connectivity index (χ1n) is 5.99. The average molecular weight is 332 g/mol. The predicted octanol–water partition coefficient (Wildman–Crippen LogP) is 4.39. The number of nitriles is 1. The van der Waals surface area contributed by atoms with Gasteiger partial charge in [-0.3, -0.25) is 4.79 Å². The number of hydrogen-bond donors (Lipinski definition) is 0. The Labute approximate surface area is 125 Å². The molecule has 4 heteroatoms. The summed E-state index contributed by atoms with van der Waals surface area (Å²) in [6.45, 7) is 1.82. The van der Waals surface area contributed by atoms with E-state index in [2.05, 4.69) is 15.9 Å². The molecule has 0 N–H and O–H groups in total. The second-order valence-corrected chi connectivity index (χ2v) is 5.32. The fourth-order valence-electron chi connectivity index (χ4n) is 2.02. The Hall–Kier alpha value is -1.99. The average Bonchev–Trinajstić information content (AvgIpc) is 2.41. The van der Waals surface area contributed by atoms with Crippen LogP contribution in [-0.4, -0.2) is 5.78 Å². The van der Waals surface area contributed by atoms with Crippen LogP contribution in [0.15, 0.2) is 46.9 Å². The van der Waals surface area contributed by atoms with Crippen molar-refractivity contribution < 1.29 is 9.18 Å². The molecule has 0 fully saturated rings. The zero-order valence-electron chi connectivity index (χ0n) is 10.7. The number of carbonyl (C=O) groups excluding carboxylic acids is 1. The zero-order valence-corrected chi connectivity index (χ0v) is 12.3. The van der Waals surface area contributed by atoms with Crippen molar-refractivity contribution in [3.63, 3.8) is 0 Å². The summed E-state index contributed by atoms with van der Waals surface area (Å²) < 4.78 is 14.4. The maximum absolute atomic E-state index is 13.9. The van der Waals surface area contributed by atoms with E-state index in [1.165, 1.54) is 12.1 Å². The summed E-state index contributed by atoms with van der Waals surface area (Å²) in [5.74, 6) is -2.14. The van der Waals surface area contributed by atoms with Gasteiger partial charge in [-0.05, 0) is 36.2 Å². The molecule has 0 heterocycles. The van der Waals surface area contributed by atoms with Gasteiger partial charge in [-0.15, -0.1) is 0 Å². The van der Waals surface area contributed by atoms with Crippen LogP contribution in [0.5, 0.6) is 0 Å². The normalized spacial score (nSPS) is 11.7. The number of nitrogens with zero attached hydrogens (tertiary/aromatic N) is 1. The van der Waals surface area contributed by atoms with Crippen molar-refractivity contribution in [2.24, 2.45) is 0 Å². The summed E-state index contributed by atoms with van der Waals surface area (Å²) in [6.07, 6.45) is 0. The minimum Gasteiger partial charge on any atom is -0.292 e. The van der Waals surface area contributed by atoms with Crippen LogP contribution in [0.3, 0.4) is 0 Å². The molecular formula is C16H11BrFNO. The fourth-order valence-corrected chi connectivity index (χ4v) is 2.36. The molecular weight excluding hydrogens is 321 g/mol. The third-order valence-electron chi connectivity index (χ3n) is 3.09. The number of benzene rings is 2. The predicted molar refractivity (Wildman–Crippen MR) is 78.0 cm³/mol. The second-order valence-electron chi connectivity index (χ2n) is 4.41. The van der Waals surface area contributed by atoms with Crippen LogP contribution in [0.1, 0.15) is 27.4 Å². The monoisotopic (exact) mass is 331 g/mol. The van der Waals surface area contributed by atoms with Gasteiger partial charge >= 0.3 is 0 Å². The molecule has 0 aliphatic carbocycles. The van der Waals surface area contributed by atoms with Gasteiger partial charge in [-0.1, -0.05) is 40.2 Å². The largest absolute Gasteiger partial charge is 0.292 e. The molecule has 0 radical (unpaired) electrons. The topological polar surface area (TPSA) is 40.9 Å². The number of hydrogen-bond acceptors (Lipinski definition) is 2. The Bertz CT molecular complexity index is 706. The summed E-state index contributed by atoms with van der Waals surface area (Å²) in [5.41, 5.74) is 1.38. The second kappa shape index (κ2) is 5.98. The molecule has 0 bridgehead atoms. The highest BCUT2D eigenvalue weighted by Gasteiger charge is 2.25. The zero-order chi connectivity index (χ0) is 14.7. The first-order valence-corrected chi connectivity index (χ1v) is 6.78. The maximum Gasteiger partial charge on any atom is 0.187 e. The van der Waals surface area contributed by atoms with Crippen LogP contribution in [0, 0.1) is 24.1 Å². The van der Waals surface area contributed by atoms with Crippen molar-refractivity contribution >= 4 is 21.7 Å². The Kier molecular flexibility index (Phi) is 4.31. The van der Waals surface area contributed by atoms with E-state index in [0.29, 0.717) is 10.0 Å². The van der Waals surface area contributed by atoms with Crippen LogP contribution < -0.4 is 0 Å². The lowest BCUT2D eigenvalue weighted by molar-refractivity contribution is 0.0974. The highest BCUT2D eigenvalue weighted by atomic mass is 79.9. The van der Waals surface area contributed by atoms with Gasteiger partial charge in [0.1, 0.15) is 11.7 Å². The maximum atomic E-state index is 13.9. The van der Waals surface area contributed by atoms with Gasteiger partial charge in [0.15, 0.2) is 5.78 Å². The Morgan fingerprint density at radius 3 is 2.60 bits per heavy atom. The number of aryl methyl sites for hydroxylation is 1. The lowest BCUT2D eigenvalue weighted by Crippen LogP contribution is -2.14. The van der Waals surface area contributed by atoms with Crippen molar-refractivity contribution in [1.29, 1.82) is 5.26 Å². The van der Waals surface area contributed by atoms with E-state index < -0.39 is 17.5 Å². The lowest BCUT2D eigenvalue weighted by Gasteiger charge is -2.12. The van der Waals surface area contributed by atoms with Crippen molar-refractivity contribution in [1.82, 2.24) is 0 Å². The van der Waals surface area contributed by atoms with Gasteiger partial charge in [-0.2, -0.15) is 5.26 Å². The van der Waals surface area contributed by atoms with E-state index in [1.807, 2.05) is 25.1 Å². The third kappa shape index (κ3) is 2.78. The van der Waals surface area contributed by atoms with Gasteiger partial charge in [-0.25, -0.2) is 4.39 Å². The molecule has 0 amide bonds. The van der Waals surface area contributed by atoms with E-state index >= 15 is 0 Å². The molecule has 2 aromatic carbocycles. The smallest absolute Gasteiger partial charge is 0.187 e. The van der Waals surface area contributed by atoms with Gasteiger partial charge in [0.05, 0.1) is 11.6 Å². The van der Waals surface area contributed by atoms with Crippen molar-refractivity contribution in [2.45, 2.75) is 12.8 Å². The van der Waals surface area contributed by atoms with Gasteiger partial charge in [0.2, 0.25) is 0 Å². The Morgan fingerprint density at radius 2 is 2.00 bits per heavy atom. The quantitative estimate of drug-likeness (QED) is 0.783. The van der Waals surface area contributed by atoms with Crippen LogP contribution >= 0.6 is 15.9 Å². The van der Waals surface area contributed by atoms with Crippen molar-refractivity contribution in [3.8, 4) is 6.07 Å². The van der Waals surface area contributed by atoms with Crippen molar-refractivity contribution in [3.05, 3.63) is 69.4 Å². The molecule has 20 heavy (non-hydrogen) atoms. The lowest BCUT2D eigenvalue weighted by atomic mass is 9.89. The van der Waals surface area contributed by atoms with Crippen LogP contribution in [0.25, 0.3) is 0 Å². The van der Waals surface area contributed by atoms with E-state index in [-0.39, 0.29) is 5.56 Å².